The lowest BCUT2D eigenvalue weighted by Crippen LogP contribution is -2.00. The van der Waals surface area contributed by atoms with Crippen LogP contribution < -0.4 is 0 Å². The highest BCUT2D eigenvalue weighted by molar-refractivity contribution is 7.19. The Kier molecular flexibility index (Phi) is 3.09. The molecule has 0 saturated carbocycles. The van der Waals surface area contributed by atoms with Gasteiger partial charge in [-0.15, -0.1) is 11.3 Å². The predicted octanol–water partition coefficient (Wildman–Crippen LogP) is 4.43. The summed E-state index contributed by atoms with van der Waals surface area (Å²) in [5.41, 5.74) is 1.28. The van der Waals surface area contributed by atoms with Gasteiger partial charge < -0.3 is 5.11 Å². The zero-order valence-corrected chi connectivity index (χ0v) is 11.2. The third-order valence-electron chi connectivity index (χ3n) is 3.16. The summed E-state index contributed by atoms with van der Waals surface area (Å²) < 4.78 is 14.9. The topological polar surface area (TPSA) is 20.2 Å². The van der Waals surface area contributed by atoms with Crippen LogP contribution in [0.2, 0.25) is 0 Å². The maximum absolute atomic E-state index is 13.8. The molecule has 19 heavy (non-hydrogen) atoms. The first-order valence-electron chi connectivity index (χ1n) is 6.08. The van der Waals surface area contributed by atoms with E-state index in [-0.39, 0.29) is 5.82 Å². The monoisotopic (exact) mass is 272 g/mol. The van der Waals surface area contributed by atoms with E-state index < -0.39 is 6.10 Å². The Morgan fingerprint density at radius 1 is 1.11 bits per heavy atom. The fourth-order valence-corrected chi connectivity index (χ4v) is 3.23. The average Bonchev–Trinajstić information content (AvgIpc) is 2.84. The zero-order valence-electron chi connectivity index (χ0n) is 10.4. The molecule has 1 N–H and O–H groups in total. The van der Waals surface area contributed by atoms with Gasteiger partial charge in [0.2, 0.25) is 0 Å². The van der Waals surface area contributed by atoms with Gasteiger partial charge in [0.1, 0.15) is 11.9 Å². The minimum absolute atomic E-state index is 0.339. The number of aliphatic hydroxyl groups excluding tert-OH is 1. The van der Waals surface area contributed by atoms with E-state index in [1.165, 1.54) is 17.4 Å². The first-order chi connectivity index (χ1) is 9.15. The maximum atomic E-state index is 13.8. The van der Waals surface area contributed by atoms with Crippen LogP contribution in [0, 0.1) is 12.7 Å². The highest BCUT2D eigenvalue weighted by Gasteiger charge is 2.17. The van der Waals surface area contributed by atoms with Crippen molar-refractivity contribution in [2.75, 3.05) is 0 Å². The molecule has 0 amide bonds. The second kappa shape index (κ2) is 4.76. The molecule has 96 valence electrons. The Labute approximate surface area is 115 Å². The molecule has 1 heterocycles. The Morgan fingerprint density at radius 3 is 2.68 bits per heavy atom. The minimum Gasteiger partial charge on any atom is -0.383 e. The average molecular weight is 272 g/mol. The standard InChI is InChI=1S/C16H13FOS/c1-10-6-7-13(17)12(8-10)16(18)15-9-11-4-2-3-5-14(11)19-15/h2-9,16,18H,1H3. The van der Waals surface area contributed by atoms with E-state index in [0.29, 0.717) is 5.56 Å². The van der Waals surface area contributed by atoms with Gasteiger partial charge in [-0.05, 0) is 30.5 Å². The highest BCUT2D eigenvalue weighted by Crippen LogP contribution is 2.34. The SMILES string of the molecule is Cc1ccc(F)c(C(O)c2cc3ccccc3s2)c1. The molecule has 0 aliphatic heterocycles. The van der Waals surface area contributed by atoms with Crippen LogP contribution in [-0.2, 0) is 0 Å². The Morgan fingerprint density at radius 2 is 1.89 bits per heavy atom. The van der Waals surface area contributed by atoms with Crippen molar-refractivity contribution in [3.05, 3.63) is 70.4 Å². The van der Waals surface area contributed by atoms with Crippen LogP contribution in [0.25, 0.3) is 10.1 Å². The van der Waals surface area contributed by atoms with Gasteiger partial charge in [-0.3, -0.25) is 0 Å². The number of thiophene rings is 1. The summed E-state index contributed by atoms with van der Waals surface area (Å²) in [7, 11) is 0. The first kappa shape index (κ1) is 12.3. The van der Waals surface area contributed by atoms with Crippen LogP contribution in [0.3, 0.4) is 0 Å². The molecule has 0 fully saturated rings. The number of halogens is 1. The molecule has 0 saturated heterocycles. The molecule has 3 heteroatoms. The van der Waals surface area contributed by atoms with E-state index in [4.69, 9.17) is 0 Å². The normalized spacial score (nSPS) is 12.8. The highest BCUT2D eigenvalue weighted by atomic mass is 32.1. The fourth-order valence-electron chi connectivity index (χ4n) is 2.16. The number of hydrogen-bond acceptors (Lipinski definition) is 2. The molecule has 1 aromatic heterocycles. The molecule has 1 unspecified atom stereocenters. The summed E-state index contributed by atoms with van der Waals surface area (Å²) in [5, 5.41) is 11.4. The minimum atomic E-state index is -0.905. The van der Waals surface area contributed by atoms with E-state index in [1.54, 1.807) is 12.1 Å². The summed E-state index contributed by atoms with van der Waals surface area (Å²) in [6, 6.07) is 14.6. The fraction of sp³-hybridized carbons (Fsp3) is 0.125. The van der Waals surface area contributed by atoms with Crippen LogP contribution in [0.4, 0.5) is 4.39 Å². The molecule has 2 aromatic carbocycles. The molecule has 0 aliphatic carbocycles. The molecule has 1 nitrogen and oxygen atoms in total. The second-order valence-electron chi connectivity index (χ2n) is 4.61. The lowest BCUT2D eigenvalue weighted by molar-refractivity contribution is 0.219. The number of rotatable bonds is 2. The van der Waals surface area contributed by atoms with Gasteiger partial charge in [-0.25, -0.2) is 4.39 Å². The molecule has 1 atom stereocenters. The van der Waals surface area contributed by atoms with E-state index in [2.05, 4.69) is 0 Å². The third kappa shape index (κ3) is 2.27. The van der Waals surface area contributed by atoms with Crippen LogP contribution in [0.1, 0.15) is 22.1 Å². The largest absolute Gasteiger partial charge is 0.383 e. The summed E-state index contributed by atoms with van der Waals surface area (Å²) in [5.74, 6) is -0.365. The van der Waals surface area contributed by atoms with Crippen LogP contribution in [-0.4, -0.2) is 5.11 Å². The predicted molar refractivity (Wildman–Crippen MR) is 77.0 cm³/mol. The van der Waals surface area contributed by atoms with Crippen molar-refractivity contribution in [1.29, 1.82) is 0 Å². The third-order valence-corrected chi connectivity index (χ3v) is 4.33. The summed E-state index contributed by atoms with van der Waals surface area (Å²) in [6.45, 7) is 1.89. The Balaban J connectivity index is 2.07. The van der Waals surface area contributed by atoms with Gasteiger partial charge in [0, 0.05) is 15.1 Å². The molecule has 0 radical (unpaired) electrons. The van der Waals surface area contributed by atoms with Crippen molar-refractivity contribution < 1.29 is 9.50 Å². The molecular weight excluding hydrogens is 259 g/mol. The van der Waals surface area contributed by atoms with Crippen molar-refractivity contribution >= 4 is 21.4 Å². The zero-order chi connectivity index (χ0) is 13.4. The Hall–Kier alpha value is -1.71. The molecular formula is C16H13FOS. The quantitative estimate of drug-likeness (QED) is 0.731. The Bertz CT molecular complexity index is 699. The van der Waals surface area contributed by atoms with Crippen molar-refractivity contribution in [1.82, 2.24) is 0 Å². The van der Waals surface area contributed by atoms with Gasteiger partial charge in [-0.1, -0.05) is 35.9 Å². The maximum Gasteiger partial charge on any atom is 0.129 e. The van der Waals surface area contributed by atoms with Crippen molar-refractivity contribution in [3.63, 3.8) is 0 Å². The van der Waals surface area contributed by atoms with Gasteiger partial charge in [0.05, 0.1) is 0 Å². The molecule has 0 bridgehead atoms. The number of benzene rings is 2. The molecule has 3 rings (SSSR count). The summed E-state index contributed by atoms with van der Waals surface area (Å²) in [6.07, 6.45) is -0.905. The number of hydrogen-bond donors (Lipinski definition) is 1. The van der Waals surface area contributed by atoms with Gasteiger partial charge in [-0.2, -0.15) is 0 Å². The van der Waals surface area contributed by atoms with E-state index in [0.717, 1.165) is 20.5 Å². The number of fused-ring (bicyclic) bond motifs is 1. The molecule has 0 aliphatic rings. The van der Waals surface area contributed by atoms with E-state index >= 15 is 0 Å². The van der Waals surface area contributed by atoms with Crippen molar-refractivity contribution in [2.45, 2.75) is 13.0 Å². The second-order valence-corrected chi connectivity index (χ2v) is 5.73. The lowest BCUT2D eigenvalue weighted by Gasteiger charge is -2.10. The summed E-state index contributed by atoms with van der Waals surface area (Å²) >= 11 is 1.50. The van der Waals surface area contributed by atoms with Crippen molar-refractivity contribution in [3.8, 4) is 0 Å². The van der Waals surface area contributed by atoms with Crippen molar-refractivity contribution in [2.24, 2.45) is 0 Å². The first-order valence-corrected chi connectivity index (χ1v) is 6.89. The molecule has 3 aromatic rings. The van der Waals surface area contributed by atoms with Crippen LogP contribution in [0.15, 0.2) is 48.5 Å². The van der Waals surface area contributed by atoms with Gasteiger partial charge >= 0.3 is 0 Å². The number of aliphatic hydroxyl groups is 1. The van der Waals surface area contributed by atoms with Gasteiger partial charge in [0.15, 0.2) is 0 Å². The number of aryl methyl sites for hydroxylation is 1. The lowest BCUT2D eigenvalue weighted by atomic mass is 10.0. The van der Waals surface area contributed by atoms with Crippen LogP contribution >= 0.6 is 11.3 Å². The smallest absolute Gasteiger partial charge is 0.129 e. The van der Waals surface area contributed by atoms with E-state index in [9.17, 15) is 9.50 Å². The van der Waals surface area contributed by atoms with Crippen LogP contribution in [0.5, 0.6) is 0 Å². The van der Waals surface area contributed by atoms with E-state index in [1.807, 2.05) is 37.3 Å². The molecule has 0 spiro atoms. The van der Waals surface area contributed by atoms with Gasteiger partial charge in [0.25, 0.3) is 0 Å². The summed E-state index contributed by atoms with van der Waals surface area (Å²) in [4.78, 5) is 0.769.